The number of aryl methyl sites for hydroxylation is 1. The van der Waals surface area contributed by atoms with E-state index in [1.807, 2.05) is 18.2 Å². The summed E-state index contributed by atoms with van der Waals surface area (Å²) < 4.78 is 30.5. The normalized spacial score (nSPS) is 19.4. The van der Waals surface area contributed by atoms with Gasteiger partial charge in [-0.05, 0) is 92.1 Å². The molecule has 36 heavy (non-hydrogen) atoms. The summed E-state index contributed by atoms with van der Waals surface area (Å²) in [6.45, 7) is 6.17. The molecule has 0 unspecified atom stereocenters. The molecule has 0 aliphatic heterocycles. The molecule has 1 aliphatic carbocycles. The van der Waals surface area contributed by atoms with Crippen LogP contribution in [0.15, 0.2) is 36.4 Å². The van der Waals surface area contributed by atoms with Gasteiger partial charge in [-0.3, -0.25) is 0 Å². The van der Waals surface area contributed by atoms with Crippen molar-refractivity contribution < 1.29 is 28.5 Å². The number of rotatable bonds is 13. The van der Waals surface area contributed by atoms with Crippen LogP contribution in [-0.2, 0) is 22.4 Å². The highest BCUT2D eigenvalue weighted by atomic mass is 19.1. The van der Waals surface area contributed by atoms with Crippen molar-refractivity contribution in [1.29, 1.82) is 0 Å². The number of carboxylic acids is 1. The van der Waals surface area contributed by atoms with Crippen LogP contribution in [0.1, 0.15) is 49.3 Å². The van der Waals surface area contributed by atoms with Crippen molar-refractivity contribution in [3.05, 3.63) is 58.9 Å². The quantitative estimate of drug-likeness (QED) is 0.408. The highest BCUT2D eigenvalue weighted by Gasteiger charge is 2.45. The Morgan fingerprint density at radius 2 is 1.89 bits per heavy atom. The summed E-state index contributed by atoms with van der Waals surface area (Å²) in [5.74, 6) is 0.742. The van der Waals surface area contributed by atoms with E-state index in [1.165, 1.54) is 17.2 Å². The molecule has 0 bridgehead atoms. The van der Waals surface area contributed by atoms with Gasteiger partial charge >= 0.3 is 5.97 Å². The summed E-state index contributed by atoms with van der Waals surface area (Å²) in [5.41, 5.74) is 3.19. The van der Waals surface area contributed by atoms with Crippen molar-refractivity contribution in [1.82, 2.24) is 4.90 Å². The van der Waals surface area contributed by atoms with Crippen molar-refractivity contribution >= 4 is 5.97 Å². The minimum absolute atomic E-state index is 0.162. The number of fused-ring (bicyclic) bond motifs is 1. The number of nitrogens with zero attached hydrogens (tertiary/aromatic N) is 1. The van der Waals surface area contributed by atoms with Gasteiger partial charge in [0.15, 0.2) is 11.5 Å². The number of carbonyl (C=O) groups is 1. The fourth-order valence-electron chi connectivity index (χ4n) is 5.77. The maximum absolute atomic E-state index is 14.0. The molecule has 0 fully saturated rings. The van der Waals surface area contributed by atoms with Crippen molar-refractivity contribution in [3.63, 3.8) is 0 Å². The third kappa shape index (κ3) is 6.77. The number of hydrogen-bond donors (Lipinski definition) is 1. The Morgan fingerprint density at radius 1 is 1.14 bits per heavy atom. The molecule has 2 aromatic carbocycles. The average molecular weight is 502 g/mol. The minimum Gasteiger partial charge on any atom is -0.493 e. The maximum atomic E-state index is 14.0. The lowest BCUT2D eigenvalue weighted by Gasteiger charge is -2.48. The van der Waals surface area contributed by atoms with Gasteiger partial charge in [-0.15, -0.1) is 0 Å². The molecule has 0 aromatic heterocycles. The number of methoxy groups -OCH3 is 2. The van der Waals surface area contributed by atoms with Crippen LogP contribution >= 0.6 is 0 Å². The van der Waals surface area contributed by atoms with E-state index >= 15 is 0 Å². The zero-order valence-electron chi connectivity index (χ0n) is 22.2. The largest absolute Gasteiger partial charge is 0.493 e. The topological polar surface area (TPSA) is 68.2 Å². The van der Waals surface area contributed by atoms with Crippen LogP contribution in [0.5, 0.6) is 11.5 Å². The third-order valence-electron chi connectivity index (χ3n) is 7.50. The summed E-state index contributed by atoms with van der Waals surface area (Å²) in [6.07, 6.45) is 3.35. The van der Waals surface area contributed by atoms with Crippen molar-refractivity contribution in [2.24, 2.45) is 11.3 Å². The number of benzene rings is 2. The molecule has 6 nitrogen and oxygen atoms in total. The Labute approximate surface area is 214 Å². The number of halogens is 1. The Bertz CT molecular complexity index is 1030. The van der Waals surface area contributed by atoms with Crippen LogP contribution < -0.4 is 9.47 Å². The Balaban J connectivity index is 1.74. The molecule has 0 saturated carbocycles. The SMILES string of the molecule is COc1ccc(CCN(C)CC[C@]2(COCC(=O)O)CCc3cc(F)ccc3[C@H]2C(C)C)cc1OC. The molecule has 0 radical (unpaired) electrons. The fraction of sp³-hybridized carbons (Fsp3) is 0.552. The minimum atomic E-state index is -0.962. The molecular formula is C29H40FNO5. The molecular weight excluding hydrogens is 461 g/mol. The van der Waals surface area contributed by atoms with Crippen LogP contribution in [0.3, 0.4) is 0 Å². The van der Waals surface area contributed by atoms with Crippen molar-refractivity contribution in [2.45, 2.75) is 45.4 Å². The molecule has 2 aromatic rings. The van der Waals surface area contributed by atoms with Gasteiger partial charge in [0.05, 0.1) is 20.8 Å². The zero-order valence-corrected chi connectivity index (χ0v) is 22.2. The van der Waals surface area contributed by atoms with E-state index in [0.717, 1.165) is 55.8 Å². The second kappa shape index (κ2) is 12.5. The van der Waals surface area contributed by atoms with E-state index in [4.69, 9.17) is 19.3 Å². The van der Waals surface area contributed by atoms with Crippen LogP contribution in [0.2, 0.25) is 0 Å². The number of carboxylic acid groups (broad SMARTS) is 1. The first-order valence-corrected chi connectivity index (χ1v) is 12.7. The third-order valence-corrected chi connectivity index (χ3v) is 7.50. The van der Waals surface area contributed by atoms with Gasteiger partial charge in [0, 0.05) is 12.0 Å². The van der Waals surface area contributed by atoms with Crippen molar-refractivity contribution in [2.75, 3.05) is 47.6 Å². The number of hydrogen-bond acceptors (Lipinski definition) is 5. The van der Waals surface area contributed by atoms with E-state index < -0.39 is 5.97 Å². The molecule has 7 heteroatoms. The Hall–Kier alpha value is -2.64. The lowest BCUT2D eigenvalue weighted by molar-refractivity contribution is -0.144. The monoisotopic (exact) mass is 501 g/mol. The van der Waals surface area contributed by atoms with Gasteiger partial charge in [-0.25, -0.2) is 9.18 Å². The van der Waals surface area contributed by atoms with Gasteiger partial charge in [0.1, 0.15) is 12.4 Å². The first kappa shape index (κ1) is 27.9. The zero-order chi connectivity index (χ0) is 26.3. The maximum Gasteiger partial charge on any atom is 0.329 e. The molecule has 198 valence electrons. The lowest BCUT2D eigenvalue weighted by atomic mass is 9.59. The molecule has 1 N–H and O–H groups in total. The Morgan fingerprint density at radius 3 is 2.56 bits per heavy atom. The summed E-state index contributed by atoms with van der Waals surface area (Å²) >= 11 is 0. The van der Waals surface area contributed by atoms with E-state index in [1.54, 1.807) is 20.3 Å². The van der Waals surface area contributed by atoms with Gasteiger partial charge in [-0.2, -0.15) is 0 Å². The van der Waals surface area contributed by atoms with Gasteiger partial charge in [-0.1, -0.05) is 26.0 Å². The number of ether oxygens (including phenoxy) is 3. The summed E-state index contributed by atoms with van der Waals surface area (Å²) in [7, 11) is 5.39. The van der Waals surface area contributed by atoms with E-state index in [-0.39, 0.29) is 23.8 Å². The predicted octanol–water partition coefficient (Wildman–Crippen LogP) is 5.18. The van der Waals surface area contributed by atoms with Crippen LogP contribution in [0, 0.1) is 17.2 Å². The highest BCUT2D eigenvalue weighted by Crippen LogP contribution is 2.52. The molecule has 0 saturated heterocycles. The van der Waals surface area contributed by atoms with Crippen LogP contribution in [0.4, 0.5) is 4.39 Å². The van der Waals surface area contributed by atoms with Gasteiger partial charge in [0.25, 0.3) is 0 Å². The Kier molecular flexibility index (Phi) is 9.74. The predicted molar refractivity (Wildman–Crippen MR) is 139 cm³/mol. The standard InChI is InChI=1S/C29H40FNO5/c1-20(2)28-24-8-7-23(30)17-22(24)10-12-29(28,19-36-18-27(32)33)13-15-31(3)14-11-21-6-9-25(34-4)26(16-21)35-5/h6-9,16-17,20,28H,10-15,18-19H2,1-5H3,(H,32,33)/t28-,29+/m1/s1. The van der Waals surface area contributed by atoms with Crippen molar-refractivity contribution in [3.8, 4) is 11.5 Å². The molecule has 3 rings (SSSR count). The lowest BCUT2D eigenvalue weighted by Crippen LogP contribution is -2.43. The van der Waals surface area contributed by atoms with E-state index in [9.17, 15) is 9.18 Å². The van der Waals surface area contributed by atoms with E-state index in [2.05, 4.69) is 31.9 Å². The van der Waals surface area contributed by atoms with E-state index in [0.29, 0.717) is 12.5 Å². The fourth-order valence-corrected chi connectivity index (χ4v) is 5.77. The molecule has 0 heterocycles. The van der Waals surface area contributed by atoms with Crippen LogP contribution in [0.25, 0.3) is 0 Å². The summed E-state index contributed by atoms with van der Waals surface area (Å²) in [4.78, 5) is 13.5. The highest BCUT2D eigenvalue weighted by molar-refractivity contribution is 5.68. The summed E-state index contributed by atoms with van der Waals surface area (Å²) in [5, 5.41) is 9.17. The average Bonchev–Trinajstić information content (AvgIpc) is 2.85. The number of likely N-dealkylation sites (N-methyl/N-ethyl adjacent to an activating group) is 1. The molecule has 1 aliphatic rings. The van der Waals surface area contributed by atoms with Gasteiger partial charge < -0.3 is 24.2 Å². The first-order valence-electron chi connectivity index (χ1n) is 12.7. The smallest absolute Gasteiger partial charge is 0.329 e. The second-order valence-electron chi connectivity index (χ2n) is 10.3. The summed E-state index contributed by atoms with van der Waals surface area (Å²) in [6, 6.07) is 11.1. The molecule has 0 amide bonds. The van der Waals surface area contributed by atoms with Crippen LogP contribution in [-0.4, -0.2) is 63.5 Å². The second-order valence-corrected chi connectivity index (χ2v) is 10.3. The molecule has 0 spiro atoms. The number of aliphatic carboxylic acids is 1. The van der Waals surface area contributed by atoms with Gasteiger partial charge in [0.2, 0.25) is 0 Å². The molecule has 2 atom stereocenters. The first-order chi connectivity index (χ1) is 17.2.